The number of hydrogen-bond donors (Lipinski definition) is 2. The smallest absolute Gasteiger partial charge is 0.328 e. The maximum Gasteiger partial charge on any atom is 0.328 e. The van der Waals surface area contributed by atoms with Gasteiger partial charge in [0.1, 0.15) is 6.04 Å². The van der Waals surface area contributed by atoms with Gasteiger partial charge in [0, 0.05) is 12.4 Å². The normalized spacial score (nSPS) is 13.1. The Hall–Kier alpha value is -2.01. The summed E-state index contributed by atoms with van der Waals surface area (Å²) in [6, 6.07) is 4.92. The Morgan fingerprint density at radius 3 is 3.05 bits per heavy atom. The Balaban J connectivity index is 2.47. The topological polar surface area (TPSA) is 74.6 Å². The molecule has 1 aromatic heterocycles. The number of rotatable bonds is 8. The molecule has 5 nitrogen and oxygen atoms in total. The standard InChI is InChI=1S/C14H19N3O2/c1-15-9-5-8-13(14(18)19)17-11-4-7-12-6-2-3-10-16-12/h2-4,6-7,10-11,13,15H,5,8-9H2,1H3,(H,18,19)/b7-4+,17-11?/t13-/m0/s1. The summed E-state index contributed by atoms with van der Waals surface area (Å²) in [4.78, 5) is 19.1. The number of pyridine rings is 1. The first-order chi connectivity index (χ1) is 9.24. The molecule has 0 fully saturated rings. The first-order valence-electron chi connectivity index (χ1n) is 6.22. The van der Waals surface area contributed by atoms with Gasteiger partial charge >= 0.3 is 5.97 Å². The zero-order valence-electron chi connectivity index (χ0n) is 11.0. The van der Waals surface area contributed by atoms with E-state index in [0.717, 1.165) is 18.7 Å². The lowest BCUT2D eigenvalue weighted by atomic mass is 10.1. The molecule has 0 aliphatic heterocycles. The van der Waals surface area contributed by atoms with Crippen LogP contribution in [0.15, 0.2) is 35.5 Å². The van der Waals surface area contributed by atoms with Gasteiger partial charge in [-0.25, -0.2) is 4.79 Å². The number of aliphatic imine (C=N–C) groups is 1. The molecule has 19 heavy (non-hydrogen) atoms. The van der Waals surface area contributed by atoms with Crippen LogP contribution in [-0.4, -0.2) is 41.9 Å². The number of hydrogen-bond acceptors (Lipinski definition) is 4. The highest BCUT2D eigenvalue weighted by Crippen LogP contribution is 2.02. The molecule has 0 amide bonds. The number of carboxylic acid groups (broad SMARTS) is 1. The molecule has 0 bridgehead atoms. The minimum absolute atomic E-state index is 0.532. The zero-order valence-corrected chi connectivity index (χ0v) is 11.0. The molecule has 1 rings (SSSR count). The molecule has 0 saturated heterocycles. The maximum absolute atomic E-state index is 11.0. The molecule has 2 N–H and O–H groups in total. The van der Waals surface area contributed by atoms with Gasteiger partial charge < -0.3 is 10.4 Å². The van der Waals surface area contributed by atoms with Crippen LogP contribution >= 0.6 is 0 Å². The Kier molecular flexibility index (Phi) is 7.12. The second-order valence-electron chi connectivity index (χ2n) is 4.01. The van der Waals surface area contributed by atoms with Crippen LogP contribution in [0.3, 0.4) is 0 Å². The van der Waals surface area contributed by atoms with Crippen LogP contribution in [0.1, 0.15) is 18.5 Å². The summed E-state index contributed by atoms with van der Waals surface area (Å²) >= 11 is 0. The van der Waals surface area contributed by atoms with Crippen LogP contribution in [-0.2, 0) is 4.79 Å². The quantitative estimate of drug-likeness (QED) is 0.551. The van der Waals surface area contributed by atoms with E-state index < -0.39 is 12.0 Å². The van der Waals surface area contributed by atoms with E-state index in [1.165, 1.54) is 6.21 Å². The van der Waals surface area contributed by atoms with Crippen LogP contribution in [0.2, 0.25) is 0 Å². The molecule has 102 valence electrons. The van der Waals surface area contributed by atoms with Gasteiger partial charge in [-0.2, -0.15) is 0 Å². The molecule has 1 aromatic rings. The highest BCUT2D eigenvalue weighted by atomic mass is 16.4. The molecule has 1 atom stereocenters. The molecule has 1 heterocycles. The molecule has 0 aliphatic carbocycles. The van der Waals surface area contributed by atoms with Crippen molar-refractivity contribution < 1.29 is 9.90 Å². The summed E-state index contributed by atoms with van der Waals surface area (Å²) in [6.45, 7) is 0.795. The highest BCUT2D eigenvalue weighted by Gasteiger charge is 2.13. The van der Waals surface area contributed by atoms with E-state index in [-0.39, 0.29) is 0 Å². The highest BCUT2D eigenvalue weighted by molar-refractivity contribution is 5.81. The van der Waals surface area contributed by atoms with Crippen LogP contribution in [0, 0.1) is 0 Å². The lowest BCUT2D eigenvalue weighted by Crippen LogP contribution is -2.20. The van der Waals surface area contributed by atoms with Gasteiger partial charge in [-0.3, -0.25) is 9.98 Å². The number of carbonyl (C=O) groups is 1. The van der Waals surface area contributed by atoms with E-state index >= 15 is 0 Å². The summed E-state index contributed by atoms with van der Waals surface area (Å²) < 4.78 is 0. The molecule has 0 radical (unpaired) electrons. The SMILES string of the molecule is CNCCC[C@H](N=C/C=C/c1ccccn1)C(=O)O. The molecule has 0 spiro atoms. The van der Waals surface area contributed by atoms with Crippen molar-refractivity contribution in [3.8, 4) is 0 Å². The average Bonchev–Trinajstić information content (AvgIpc) is 2.42. The second-order valence-corrected chi connectivity index (χ2v) is 4.01. The Bertz CT molecular complexity index is 430. The first-order valence-corrected chi connectivity index (χ1v) is 6.22. The third-order valence-corrected chi connectivity index (χ3v) is 2.50. The van der Waals surface area contributed by atoms with E-state index in [4.69, 9.17) is 5.11 Å². The fraction of sp³-hybridized carbons (Fsp3) is 0.357. The Morgan fingerprint density at radius 2 is 2.42 bits per heavy atom. The van der Waals surface area contributed by atoms with Crippen LogP contribution in [0.25, 0.3) is 6.08 Å². The van der Waals surface area contributed by atoms with E-state index in [0.29, 0.717) is 6.42 Å². The monoisotopic (exact) mass is 261 g/mol. The van der Waals surface area contributed by atoms with E-state index in [1.54, 1.807) is 18.3 Å². The van der Waals surface area contributed by atoms with E-state index in [9.17, 15) is 4.79 Å². The fourth-order valence-corrected chi connectivity index (χ4v) is 1.50. The Morgan fingerprint density at radius 1 is 1.58 bits per heavy atom. The van der Waals surface area contributed by atoms with E-state index in [1.807, 2.05) is 25.2 Å². The number of aliphatic carboxylic acids is 1. The molecular formula is C14H19N3O2. The first kappa shape index (κ1) is 15.0. The molecule has 0 aromatic carbocycles. The minimum atomic E-state index is -0.890. The van der Waals surface area contributed by atoms with Gasteiger partial charge in [-0.05, 0) is 50.7 Å². The number of nitrogens with one attached hydrogen (secondary N) is 1. The fourth-order valence-electron chi connectivity index (χ4n) is 1.50. The third-order valence-electron chi connectivity index (χ3n) is 2.50. The van der Waals surface area contributed by atoms with Gasteiger partial charge in [0.05, 0.1) is 5.69 Å². The maximum atomic E-state index is 11.0. The zero-order chi connectivity index (χ0) is 13.9. The Labute approximate surface area is 113 Å². The summed E-state index contributed by atoms with van der Waals surface area (Å²) in [5.74, 6) is -0.890. The number of allylic oxidation sites excluding steroid dienone is 1. The lowest BCUT2D eigenvalue weighted by molar-refractivity contribution is -0.138. The molecule has 0 unspecified atom stereocenters. The van der Waals surface area contributed by atoms with Crippen molar-refractivity contribution in [3.63, 3.8) is 0 Å². The summed E-state index contributed by atoms with van der Waals surface area (Å²) in [7, 11) is 1.84. The van der Waals surface area contributed by atoms with Crippen LogP contribution in [0.5, 0.6) is 0 Å². The molecule has 0 aliphatic rings. The van der Waals surface area contributed by atoms with Crippen molar-refractivity contribution in [1.82, 2.24) is 10.3 Å². The molecule has 5 heteroatoms. The summed E-state index contributed by atoms with van der Waals surface area (Å²) in [6.07, 6.45) is 8.03. The van der Waals surface area contributed by atoms with Crippen molar-refractivity contribution in [2.75, 3.05) is 13.6 Å². The van der Waals surface area contributed by atoms with Crippen molar-refractivity contribution in [2.24, 2.45) is 4.99 Å². The predicted octanol–water partition coefficient (Wildman–Crippen LogP) is 1.62. The van der Waals surface area contributed by atoms with Crippen LogP contribution < -0.4 is 5.32 Å². The lowest BCUT2D eigenvalue weighted by Gasteiger charge is -2.05. The van der Waals surface area contributed by atoms with Gasteiger partial charge in [-0.1, -0.05) is 6.07 Å². The number of aromatic nitrogens is 1. The van der Waals surface area contributed by atoms with Gasteiger partial charge in [0.15, 0.2) is 0 Å². The van der Waals surface area contributed by atoms with Gasteiger partial charge in [0.25, 0.3) is 0 Å². The third kappa shape index (κ3) is 6.47. The number of nitrogens with zero attached hydrogens (tertiary/aromatic N) is 2. The summed E-state index contributed by atoms with van der Waals surface area (Å²) in [5, 5.41) is 12.0. The molecular weight excluding hydrogens is 242 g/mol. The number of carboxylic acids is 1. The van der Waals surface area contributed by atoms with Crippen LogP contribution in [0.4, 0.5) is 0 Å². The average molecular weight is 261 g/mol. The molecule has 0 saturated carbocycles. The van der Waals surface area contributed by atoms with Crippen molar-refractivity contribution in [1.29, 1.82) is 0 Å². The minimum Gasteiger partial charge on any atom is -0.480 e. The second kappa shape index (κ2) is 8.99. The largest absolute Gasteiger partial charge is 0.480 e. The predicted molar refractivity (Wildman–Crippen MR) is 76.3 cm³/mol. The summed E-state index contributed by atoms with van der Waals surface area (Å²) in [5.41, 5.74) is 0.816. The van der Waals surface area contributed by atoms with Gasteiger partial charge in [0.2, 0.25) is 0 Å². The van der Waals surface area contributed by atoms with E-state index in [2.05, 4.69) is 15.3 Å². The van der Waals surface area contributed by atoms with Crippen molar-refractivity contribution in [2.45, 2.75) is 18.9 Å². The van der Waals surface area contributed by atoms with Crippen molar-refractivity contribution in [3.05, 3.63) is 36.2 Å². The van der Waals surface area contributed by atoms with Crippen molar-refractivity contribution >= 4 is 18.3 Å². The van der Waals surface area contributed by atoms with Gasteiger partial charge in [-0.15, -0.1) is 0 Å².